The average molecular weight is 677 g/mol. The maximum Gasteiger partial charge on any atom is 0.423 e. The number of carbonyl (C=O) groups excluding carboxylic acids is 4. The number of halogens is 6. The number of rotatable bonds is 10. The van der Waals surface area contributed by atoms with Crippen LogP contribution in [-0.4, -0.2) is 37.1 Å². The van der Waals surface area contributed by atoms with E-state index < -0.39 is 46.5 Å². The third kappa shape index (κ3) is 8.54. The maximum atomic E-state index is 12.8. The Morgan fingerprint density at radius 1 is 0.625 bits per heavy atom. The third-order valence-electron chi connectivity index (χ3n) is 5.61. The molecular weight excluding hydrogens is 653 g/mol. The lowest BCUT2D eigenvalue weighted by molar-refractivity contribution is -0.156. The Kier molecular flexibility index (Phi) is 13.1. The highest BCUT2D eigenvalue weighted by atomic mass is 35.5. The number of carbonyl (C=O) groups is 4. The molecule has 0 fully saturated rings. The first kappa shape index (κ1) is 34.3. The zero-order chi connectivity index (χ0) is 30.3. The molecular formula is C26H24Cl6O8. The summed E-state index contributed by atoms with van der Waals surface area (Å²) >= 11 is 36.8. The molecule has 0 saturated carbocycles. The molecule has 0 aliphatic carbocycles. The van der Waals surface area contributed by atoms with E-state index in [1.165, 1.54) is 0 Å². The van der Waals surface area contributed by atoms with Gasteiger partial charge >= 0.3 is 23.9 Å². The van der Waals surface area contributed by atoms with Crippen LogP contribution in [0, 0.1) is 11.8 Å². The lowest BCUT2D eigenvalue weighted by atomic mass is 10.1. The molecule has 2 unspecified atom stereocenters. The second kappa shape index (κ2) is 15.3. The van der Waals surface area contributed by atoms with Gasteiger partial charge < -0.3 is 18.9 Å². The molecule has 218 valence electrons. The number of hydrogen-bond acceptors (Lipinski definition) is 8. The molecule has 0 aliphatic rings. The molecule has 0 heterocycles. The zero-order valence-corrected chi connectivity index (χ0v) is 26.2. The molecule has 0 bridgehead atoms. The van der Waals surface area contributed by atoms with E-state index in [1.54, 1.807) is 0 Å². The molecule has 2 atom stereocenters. The highest BCUT2D eigenvalue weighted by molar-refractivity contribution is 6.47. The molecule has 0 spiro atoms. The minimum Gasteiger partial charge on any atom is -0.462 e. The van der Waals surface area contributed by atoms with Gasteiger partial charge in [0, 0.05) is 0 Å². The van der Waals surface area contributed by atoms with Gasteiger partial charge in [0.25, 0.3) is 0 Å². The van der Waals surface area contributed by atoms with Crippen molar-refractivity contribution >= 4 is 93.5 Å². The van der Waals surface area contributed by atoms with Crippen LogP contribution in [0.15, 0.2) is 12.1 Å². The van der Waals surface area contributed by atoms with Crippen LogP contribution in [0.5, 0.6) is 11.5 Å². The van der Waals surface area contributed by atoms with Crippen molar-refractivity contribution in [3.63, 3.8) is 0 Å². The number of hydrogen-bond donors (Lipinski definition) is 0. The zero-order valence-electron chi connectivity index (χ0n) is 21.7. The van der Waals surface area contributed by atoms with Crippen LogP contribution in [0.3, 0.4) is 0 Å². The summed E-state index contributed by atoms with van der Waals surface area (Å²) in [6.45, 7) is 7.54. The fourth-order valence-electron chi connectivity index (χ4n) is 2.81. The van der Waals surface area contributed by atoms with Crippen molar-refractivity contribution in [3.05, 3.63) is 53.4 Å². The molecule has 0 N–H and O–H groups in total. The quantitative estimate of drug-likeness (QED) is 0.107. The number of ether oxygens (including phenoxy) is 4. The van der Waals surface area contributed by atoms with E-state index >= 15 is 0 Å². The van der Waals surface area contributed by atoms with Crippen LogP contribution in [0.1, 0.15) is 61.3 Å². The van der Waals surface area contributed by atoms with Gasteiger partial charge in [-0.25, -0.2) is 19.2 Å². The predicted octanol–water partition coefficient (Wildman–Crippen LogP) is 8.52. The van der Waals surface area contributed by atoms with Crippen molar-refractivity contribution in [3.8, 4) is 11.5 Å². The van der Waals surface area contributed by atoms with Crippen molar-refractivity contribution in [2.75, 3.05) is 13.2 Å². The monoisotopic (exact) mass is 674 g/mol. The Morgan fingerprint density at radius 2 is 0.950 bits per heavy atom. The first-order valence-electron chi connectivity index (χ1n) is 11.9. The summed E-state index contributed by atoms with van der Waals surface area (Å²) in [6, 6.07) is 2.21. The van der Waals surface area contributed by atoms with E-state index in [0.717, 1.165) is 25.0 Å². The van der Waals surface area contributed by atoms with Crippen LogP contribution in [0.2, 0.25) is 30.1 Å². The molecule has 14 heteroatoms. The largest absolute Gasteiger partial charge is 0.462 e. The van der Waals surface area contributed by atoms with Gasteiger partial charge in [-0.05, 0) is 24.0 Å². The van der Waals surface area contributed by atoms with Crippen molar-refractivity contribution in [1.29, 1.82) is 0 Å². The Labute approximate surface area is 261 Å². The highest BCUT2D eigenvalue weighted by Gasteiger charge is 2.32. The van der Waals surface area contributed by atoms with Crippen LogP contribution < -0.4 is 9.47 Å². The van der Waals surface area contributed by atoms with E-state index in [2.05, 4.69) is 0 Å². The van der Waals surface area contributed by atoms with Crippen LogP contribution in [0.4, 0.5) is 0 Å². The molecule has 8 nitrogen and oxygen atoms in total. The van der Waals surface area contributed by atoms with Gasteiger partial charge in [-0.3, -0.25) is 0 Å². The van der Waals surface area contributed by atoms with Crippen molar-refractivity contribution in [2.45, 2.75) is 40.5 Å². The molecule has 2 aromatic carbocycles. The van der Waals surface area contributed by atoms with Gasteiger partial charge in [0.1, 0.15) is 11.1 Å². The van der Waals surface area contributed by atoms with E-state index in [0.29, 0.717) is 0 Å². The fraction of sp³-hybridized carbons (Fsp3) is 0.385. The molecule has 0 saturated heterocycles. The van der Waals surface area contributed by atoms with Gasteiger partial charge in [-0.2, -0.15) is 0 Å². The topological polar surface area (TPSA) is 105 Å². The molecule has 2 aromatic rings. The Balaban J connectivity index is 2.39. The highest BCUT2D eigenvalue weighted by Crippen LogP contribution is 2.41. The number of esters is 4. The molecule has 0 aromatic heterocycles. The predicted molar refractivity (Wildman–Crippen MR) is 154 cm³/mol. The second-order valence-corrected chi connectivity index (χ2v) is 11.1. The fourth-order valence-corrected chi connectivity index (χ4v) is 4.24. The van der Waals surface area contributed by atoms with E-state index in [4.69, 9.17) is 88.6 Å². The molecule has 0 amide bonds. The van der Waals surface area contributed by atoms with E-state index in [-0.39, 0.29) is 55.2 Å². The van der Waals surface area contributed by atoms with Crippen molar-refractivity contribution in [1.82, 2.24) is 0 Å². The first-order valence-corrected chi connectivity index (χ1v) is 14.1. The number of benzene rings is 2. The first-order chi connectivity index (χ1) is 18.7. The SMILES string of the molecule is CCC(C)COC(=O)c1c(Cl)c(Cl)cc(Cl)c1OC(=O)C(=O)Oc1c(Cl)cc(Cl)c(Cl)c1C(=O)OCC(C)CC. The minimum atomic E-state index is -1.66. The molecule has 0 aliphatic heterocycles. The van der Waals surface area contributed by atoms with Crippen LogP contribution in [-0.2, 0) is 19.1 Å². The van der Waals surface area contributed by atoms with Gasteiger partial charge in [-0.15, -0.1) is 0 Å². The summed E-state index contributed by atoms with van der Waals surface area (Å²) in [5.74, 6) is -6.47. The summed E-state index contributed by atoms with van der Waals surface area (Å²) < 4.78 is 20.6. The van der Waals surface area contributed by atoms with Gasteiger partial charge in [0.2, 0.25) is 0 Å². The maximum absolute atomic E-state index is 12.8. The van der Waals surface area contributed by atoms with Crippen LogP contribution >= 0.6 is 69.6 Å². The van der Waals surface area contributed by atoms with Crippen molar-refractivity contribution in [2.24, 2.45) is 11.8 Å². The van der Waals surface area contributed by atoms with Gasteiger partial charge in [0.15, 0.2) is 11.5 Å². The smallest absolute Gasteiger partial charge is 0.423 e. The van der Waals surface area contributed by atoms with Gasteiger partial charge in [-0.1, -0.05) is 110 Å². The minimum absolute atomic E-state index is 0.0142. The summed E-state index contributed by atoms with van der Waals surface area (Å²) in [5.41, 5.74) is -0.962. The third-order valence-corrected chi connectivity index (χ3v) is 7.75. The standard InChI is InChI=1S/C26H24Cl6O8/c1-5-11(3)9-37-23(33)17-19(31)13(27)7-15(29)21(17)39-25(35)26(36)40-22-16(30)8-14(28)20(32)18(22)24(34)38-10-12(4)6-2/h7-8,11-12H,5-6,9-10H2,1-4H3. The van der Waals surface area contributed by atoms with E-state index in [1.807, 2.05) is 27.7 Å². The molecule has 0 radical (unpaired) electrons. The lowest BCUT2D eigenvalue weighted by Gasteiger charge is -2.16. The summed E-state index contributed by atoms with van der Waals surface area (Å²) in [4.78, 5) is 51.1. The summed E-state index contributed by atoms with van der Waals surface area (Å²) in [7, 11) is 0. The normalized spacial score (nSPS) is 12.3. The Bertz CT molecular complexity index is 1210. The summed E-state index contributed by atoms with van der Waals surface area (Å²) in [5, 5.41) is -1.56. The second-order valence-electron chi connectivity index (χ2n) is 8.72. The average Bonchev–Trinajstić information content (AvgIpc) is 2.91. The Morgan fingerprint density at radius 3 is 1.25 bits per heavy atom. The van der Waals surface area contributed by atoms with Crippen molar-refractivity contribution < 1.29 is 38.1 Å². The lowest BCUT2D eigenvalue weighted by Crippen LogP contribution is -2.27. The van der Waals surface area contributed by atoms with E-state index in [9.17, 15) is 19.2 Å². The summed E-state index contributed by atoms with van der Waals surface area (Å²) in [6.07, 6.45) is 1.44. The van der Waals surface area contributed by atoms with Gasteiger partial charge in [0.05, 0.1) is 43.3 Å². The molecule has 2 rings (SSSR count). The Hall–Kier alpha value is -1.94. The molecule has 40 heavy (non-hydrogen) atoms. The van der Waals surface area contributed by atoms with Crippen LogP contribution in [0.25, 0.3) is 0 Å².